The van der Waals surface area contributed by atoms with Gasteiger partial charge in [0, 0.05) is 16.1 Å². The van der Waals surface area contributed by atoms with E-state index in [1.165, 1.54) is 6.08 Å². The van der Waals surface area contributed by atoms with Gasteiger partial charge in [0.05, 0.1) is 18.5 Å². The van der Waals surface area contributed by atoms with Crippen LogP contribution in [0, 0.1) is 0 Å². The highest BCUT2D eigenvalue weighted by molar-refractivity contribution is 6.30. The number of rotatable bonds is 5. The van der Waals surface area contributed by atoms with Gasteiger partial charge in [-0.3, -0.25) is 9.89 Å². The van der Waals surface area contributed by atoms with E-state index in [9.17, 15) is 4.79 Å². The van der Waals surface area contributed by atoms with Crippen LogP contribution in [-0.4, -0.2) is 23.1 Å². The highest BCUT2D eigenvalue weighted by Gasteiger charge is 2.04. The van der Waals surface area contributed by atoms with Gasteiger partial charge in [0.2, 0.25) is 0 Å². The van der Waals surface area contributed by atoms with Crippen molar-refractivity contribution in [2.75, 3.05) is 7.11 Å². The maximum Gasteiger partial charge on any atom is 0.185 e. The standard InChI is InChI=1S/C19H15ClN2O2/c1-24-17-9-4-13(5-10-17)18-12-16(21-22-18)8-11-19(23)14-2-6-15(20)7-3-14/h2-12H,1H3,(H,21,22). The van der Waals surface area contributed by atoms with Crippen LogP contribution in [0.15, 0.2) is 60.7 Å². The molecule has 1 heterocycles. The highest BCUT2D eigenvalue weighted by Crippen LogP contribution is 2.21. The number of aromatic amines is 1. The first-order valence-corrected chi connectivity index (χ1v) is 7.71. The molecule has 0 amide bonds. The number of hydrogen-bond acceptors (Lipinski definition) is 3. The number of carbonyl (C=O) groups excluding carboxylic acids is 1. The summed E-state index contributed by atoms with van der Waals surface area (Å²) >= 11 is 5.82. The van der Waals surface area contributed by atoms with Gasteiger partial charge >= 0.3 is 0 Å². The van der Waals surface area contributed by atoms with Crippen molar-refractivity contribution in [3.8, 4) is 17.0 Å². The number of allylic oxidation sites excluding steroid dienone is 1. The smallest absolute Gasteiger partial charge is 0.185 e. The Morgan fingerprint density at radius 3 is 2.50 bits per heavy atom. The first-order chi connectivity index (χ1) is 11.7. The maximum absolute atomic E-state index is 12.1. The minimum absolute atomic E-state index is 0.0905. The summed E-state index contributed by atoms with van der Waals surface area (Å²) in [4.78, 5) is 12.1. The topological polar surface area (TPSA) is 55.0 Å². The van der Waals surface area contributed by atoms with Crippen LogP contribution in [0.1, 0.15) is 16.1 Å². The van der Waals surface area contributed by atoms with Gasteiger partial charge < -0.3 is 4.74 Å². The molecule has 0 spiro atoms. The number of ether oxygens (including phenoxy) is 1. The number of benzene rings is 2. The number of hydrogen-bond donors (Lipinski definition) is 1. The van der Waals surface area contributed by atoms with Crippen molar-refractivity contribution in [3.05, 3.63) is 77.0 Å². The summed E-state index contributed by atoms with van der Waals surface area (Å²) < 4.78 is 5.14. The van der Waals surface area contributed by atoms with Crippen LogP contribution in [0.5, 0.6) is 5.75 Å². The van der Waals surface area contributed by atoms with E-state index in [0.29, 0.717) is 10.6 Å². The normalized spacial score (nSPS) is 10.9. The average molecular weight is 339 g/mol. The summed E-state index contributed by atoms with van der Waals surface area (Å²) in [5, 5.41) is 7.77. The van der Waals surface area contributed by atoms with Gasteiger partial charge in [0.15, 0.2) is 5.78 Å². The molecule has 0 aliphatic heterocycles. The predicted octanol–water partition coefficient (Wildman–Crippen LogP) is 4.63. The molecule has 0 fully saturated rings. The Bertz CT molecular complexity index is 865. The Balaban J connectivity index is 1.73. The molecule has 0 aliphatic rings. The van der Waals surface area contributed by atoms with Gasteiger partial charge in [-0.15, -0.1) is 0 Å². The molecule has 2 aromatic carbocycles. The van der Waals surface area contributed by atoms with Crippen LogP contribution in [0.4, 0.5) is 0 Å². The summed E-state index contributed by atoms with van der Waals surface area (Å²) in [5.41, 5.74) is 3.11. The van der Waals surface area contributed by atoms with E-state index < -0.39 is 0 Å². The van der Waals surface area contributed by atoms with E-state index in [-0.39, 0.29) is 5.78 Å². The fraction of sp³-hybridized carbons (Fsp3) is 0.0526. The molecule has 1 aromatic heterocycles. The second kappa shape index (κ2) is 7.15. The predicted molar refractivity (Wildman–Crippen MR) is 95.4 cm³/mol. The molecule has 0 atom stereocenters. The summed E-state index contributed by atoms with van der Waals surface area (Å²) in [6.45, 7) is 0. The maximum atomic E-state index is 12.1. The summed E-state index contributed by atoms with van der Waals surface area (Å²) in [7, 11) is 1.63. The zero-order valence-corrected chi connectivity index (χ0v) is 13.7. The second-order valence-electron chi connectivity index (χ2n) is 5.14. The monoisotopic (exact) mass is 338 g/mol. The van der Waals surface area contributed by atoms with Gasteiger partial charge in [0.1, 0.15) is 5.75 Å². The number of methoxy groups -OCH3 is 1. The fourth-order valence-electron chi connectivity index (χ4n) is 2.21. The quantitative estimate of drug-likeness (QED) is 0.545. The molecule has 5 heteroatoms. The van der Waals surface area contributed by atoms with Crippen molar-refractivity contribution >= 4 is 23.5 Å². The van der Waals surface area contributed by atoms with E-state index in [0.717, 1.165) is 22.7 Å². The largest absolute Gasteiger partial charge is 0.497 e. The molecule has 3 rings (SSSR count). The van der Waals surface area contributed by atoms with Crippen molar-refractivity contribution in [3.63, 3.8) is 0 Å². The fourth-order valence-corrected chi connectivity index (χ4v) is 2.33. The number of H-pyrrole nitrogens is 1. The molecule has 0 aliphatic carbocycles. The zero-order valence-electron chi connectivity index (χ0n) is 13.0. The minimum atomic E-state index is -0.0905. The highest BCUT2D eigenvalue weighted by atomic mass is 35.5. The van der Waals surface area contributed by atoms with Crippen molar-refractivity contribution in [1.82, 2.24) is 10.2 Å². The lowest BCUT2D eigenvalue weighted by atomic mass is 10.1. The second-order valence-corrected chi connectivity index (χ2v) is 5.58. The molecule has 0 saturated carbocycles. The molecule has 24 heavy (non-hydrogen) atoms. The number of nitrogens with zero attached hydrogens (tertiary/aromatic N) is 1. The first kappa shape index (κ1) is 16.0. The van der Waals surface area contributed by atoms with Crippen molar-refractivity contribution < 1.29 is 9.53 Å². The third kappa shape index (κ3) is 3.73. The molecule has 4 nitrogen and oxygen atoms in total. The molecule has 3 aromatic rings. The van der Waals surface area contributed by atoms with Crippen LogP contribution in [0.3, 0.4) is 0 Å². The first-order valence-electron chi connectivity index (χ1n) is 7.33. The SMILES string of the molecule is COc1ccc(-c2cc(C=CC(=O)c3ccc(Cl)cc3)[nH]n2)cc1. The van der Waals surface area contributed by atoms with Gasteiger partial charge in [-0.25, -0.2) is 0 Å². The number of ketones is 1. The number of carbonyl (C=O) groups is 1. The van der Waals surface area contributed by atoms with Gasteiger partial charge in [-0.05, 0) is 66.7 Å². The Morgan fingerprint density at radius 2 is 1.83 bits per heavy atom. The summed E-state index contributed by atoms with van der Waals surface area (Å²) in [6, 6.07) is 16.3. The lowest BCUT2D eigenvalue weighted by Crippen LogP contribution is -1.93. The van der Waals surface area contributed by atoms with Crippen LogP contribution in [0.2, 0.25) is 5.02 Å². The molecule has 0 saturated heterocycles. The Labute approximate surface area is 144 Å². The molecule has 1 N–H and O–H groups in total. The number of nitrogens with one attached hydrogen (secondary N) is 1. The van der Waals surface area contributed by atoms with Crippen LogP contribution < -0.4 is 4.74 Å². The number of aromatic nitrogens is 2. The van der Waals surface area contributed by atoms with Gasteiger partial charge in [-0.2, -0.15) is 5.10 Å². The third-order valence-electron chi connectivity index (χ3n) is 3.53. The van der Waals surface area contributed by atoms with E-state index in [2.05, 4.69) is 10.2 Å². The number of halogens is 1. The Kier molecular flexibility index (Phi) is 4.77. The van der Waals surface area contributed by atoms with E-state index in [1.54, 1.807) is 37.5 Å². The lowest BCUT2D eigenvalue weighted by molar-refractivity contribution is 0.104. The Hall–Kier alpha value is -2.85. The third-order valence-corrected chi connectivity index (χ3v) is 3.78. The molecule has 0 radical (unpaired) electrons. The molecule has 0 bridgehead atoms. The van der Waals surface area contributed by atoms with E-state index in [4.69, 9.17) is 16.3 Å². The van der Waals surface area contributed by atoms with Crippen LogP contribution in [0.25, 0.3) is 17.3 Å². The van der Waals surface area contributed by atoms with E-state index >= 15 is 0 Å². The average Bonchev–Trinajstić information content (AvgIpc) is 3.09. The van der Waals surface area contributed by atoms with Gasteiger partial charge in [0.25, 0.3) is 0 Å². The molecular formula is C19H15ClN2O2. The lowest BCUT2D eigenvalue weighted by Gasteiger charge is -1.99. The zero-order chi connectivity index (χ0) is 16.9. The molecule has 0 unspecified atom stereocenters. The molecule has 120 valence electrons. The van der Waals surface area contributed by atoms with Crippen molar-refractivity contribution in [1.29, 1.82) is 0 Å². The van der Waals surface area contributed by atoms with Crippen molar-refractivity contribution in [2.45, 2.75) is 0 Å². The van der Waals surface area contributed by atoms with E-state index in [1.807, 2.05) is 30.3 Å². The van der Waals surface area contributed by atoms with Crippen molar-refractivity contribution in [2.24, 2.45) is 0 Å². The van der Waals surface area contributed by atoms with Gasteiger partial charge in [-0.1, -0.05) is 11.6 Å². The Morgan fingerprint density at radius 1 is 1.12 bits per heavy atom. The van der Waals surface area contributed by atoms with Crippen LogP contribution >= 0.6 is 11.6 Å². The summed E-state index contributed by atoms with van der Waals surface area (Å²) in [5.74, 6) is 0.704. The molecular weight excluding hydrogens is 324 g/mol. The minimum Gasteiger partial charge on any atom is -0.497 e. The summed E-state index contributed by atoms with van der Waals surface area (Å²) in [6.07, 6.45) is 3.21. The van der Waals surface area contributed by atoms with Crippen LogP contribution in [-0.2, 0) is 0 Å².